The summed E-state index contributed by atoms with van der Waals surface area (Å²) in [6.07, 6.45) is 4.98. The molecule has 0 aromatic heterocycles. The number of aryl methyl sites for hydroxylation is 2. The number of nitrogens with zero attached hydrogens (tertiary/aromatic N) is 2. The van der Waals surface area contributed by atoms with Crippen molar-refractivity contribution in [3.8, 4) is 0 Å². The molecule has 4 rings (SSSR count). The van der Waals surface area contributed by atoms with Crippen LogP contribution in [-0.2, 0) is 21.2 Å². The molecule has 0 N–H and O–H groups in total. The first kappa shape index (κ1) is 21.1. The number of amides is 1. The first-order valence-electron chi connectivity index (χ1n) is 10.9. The summed E-state index contributed by atoms with van der Waals surface area (Å²) in [5.41, 5.74) is 3.43. The van der Waals surface area contributed by atoms with E-state index >= 15 is 0 Å². The molecule has 2 aromatic carbocycles. The van der Waals surface area contributed by atoms with E-state index in [0.717, 1.165) is 37.8 Å². The molecule has 6 heteroatoms. The molecule has 1 unspecified atom stereocenters. The Kier molecular flexibility index (Phi) is 6.25. The largest absolute Gasteiger partial charge is 0.336 e. The van der Waals surface area contributed by atoms with Gasteiger partial charge in [0.15, 0.2) is 0 Å². The Bertz CT molecular complexity index is 978. The van der Waals surface area contributed by atoms with E-state index in [4.69, 9.17) is 0 Å². The van der Waals surface area contributed by atoms with Gasteiger partial charge in [-0.05, 0) is 62.3 Å². The molecule has 0 radical (unpaired) electrons. The maximum atomic E-state index is 12.9. The van der Waals surface area contributed by atoms with Crippen molar-refractivity contribution < 1.29 is 13.2 Å². The molecule has 1 atom stereocenters. The van der Waals surface area contributed by atoms with Crippen LogP contribution in [0.15, 0.2) is 53.4 Å². The van der Waals surface area contributed by atoms with Crippen molar-refractivity contribution in [1.82, 2.24) is 9.21 Å². The molecule has 30 heavy (non-hydrogen) atoms. The fourth-order valence-corrected chi connectivity index (χ4v) is 6.02. The number of rotatable bonds is 6. The highest BCUT2D eigenvalue weighted by Crippen LogP contribution is 2.32. The SMILES string of the molecule is Cc1ccc(C2CCCN2C(=O)CCc2ccc(S(=O)(=O)N3CCCC3)cc2)cc1. The number of hydrogen-bond acceptors (Lipinski definition) is 3. The van der Waals surface area contributed by atoms with E-state index in [-0.39, 0.29) is 11.9 Å². The van der Waals surface area contributed by atoms with Gasteiger partial charge in [0, 0.05) is 26.1 Å². The van der Waals surface area contributed by atoms with E-state index in [0.29, 0.717) is 30.8 Å². The van der Waals surface area contributed by atoms with Gasteiger partial charge in [0.25, 0.3) is 0 Å². The summed E-state index contributed by atoms with van der Waals surface area (Å²) < 4.78 is 26.8. The van der Waals surface area contributed by atoms with Crippen LogP contribution < -0.4 is 0 Å². The van der Waals surface area contributed by atoms with Gasteiger partial charge in [-0.25, -0.2) is 8.42 Å². The van der Waals surface area contributed by atoms with Crippen LogP contribution in [0, 0.1) is 6.92 Å². The molecule has 0 aliphatic carbocycles. The lowest BCUT2D eigenvalue weighted by Gasteiger charge is -2.25. The molecule has 0 saturated carbocycles. The molecule has 2 saturated heterocycles. The van der Waals surface area contributed by atoms with Crippen molar-refractivity contribution >= 4 is 15.9 Å². The molecule has 2 fully saturated rings. The zero-order valence-electron chi connectivity index (χ0n) is 17.6. The van der Waals surface area contributed by atoms with Crippen LogP contribution in [0.1, 0.15) is 54.8 Å². The number of carbonyl (C=O) groups is 1. The average molecular weight is 427 g/mol. The third-order valence-electron chi connectivity index (χ3n) is 6.29. The highest BCUT2D eigenvalue weighted by Gasteiger charge is 2.30. The third kappa shape index (κ3) is 4.44. The molecule has 5 nitrogen and oxygen atoms in total. The second-order valence-corrected chi connectivity index (χ2v) is 10.3. The summed E-state index contributed by atoms with van der Waals surface area (Å²) in [7, 11) is -3.38. The zero-order chi connectivity index (χ0) is 21.1. The second-order valence-electron chi connectivity index (χ2n) is 8.41. The van der Waals surface area contributed by atoms with Crippen molar-refractivity contribution in [1.29, 1.82) is 0 Å². The lowest BCUT2D eigenvalue weighted by atomic mass is 10.0. The minimum atomic E-state index is -3.38. The molecule has 2 aliphatic heterocycles. The number of likely N-dealkylation sites (tertiary alicyclic amines) is 1. The van der Waals surface area contributed by atoms with Crippen molar-refractivity contribution in [2.45, 2.75) is 56.4 Å². The first-order chi connectivity index (χ1) is 14.4. The smallest absolute Gasteiger partial charge is 0.243 e. The molecule has 2 aliphatic rings. The van der Waals surface area contributed by atoms with Gasteiger partial charge in [-0.1, -0.05) is 42.0 Å². The second kappa shape index (κ2) is 8.90. The van der Waals surface area contributed by atoms with Gasteiger partial charge in [-0.2, -0.15) is 4.31 Å². The molecule has 0 bridgehead atoms. The van der Waals surface area contributed by atoms with E-state index < -0.39 is 10.0 Å². The lowest BCUT2D eigenvalue weighted by molar-refractivity contribution is -0.132. The minimum absolute atomic E-state index is 0.172. The number of carbonyl (C=O) groups excluding carboxylic acids is 1. The molecule has 0 spiro atoms. The summed E-state index contributed by atoms with van der Waals surface area (Å²) in [5, 5.41) is 0. The topological polar surface area (TPSA) is 57.7 Å². The Hall–Kier alpha value is -2.18. The van der Waals surface area contributed by atoms with Crippen LogP contribution in [0.2, 0.25) is 0 Å². The Labute approximate surface area is 179 Å². The maximum Gasteiger partial charge on any atom is 0.243 e. The molecule has 2 heterocycles. The van der Waals surface area contributed by atoms with Crippen LogP contribution in [0.3, 0.4) is 0 Å². The normalized spacial score (nSPS) is 20.0. The zero-order valence-corrected chi connectivity index (χ0v) is 18.4. The van der Waals surface area contributed by atoms with Crippen molar-refractivity contribution in [2.75, 3.05) is 19.6 Å². The van der Waals surface area contributed by atoms with Gasteiger partial charge in [-0.15, -0.1) is 0 Å². The molecule has 160 valence electrons. The fraction of sp³-hybridized carbons (Fsp3) is 0.458. The summed E-state index contributed by atoms with van der Waals surface area (Å²) in [6, 6.07) is 15.7. The summed E-state index contributed by atoms with van der Waals surface area (Å²) in [6.45, 7) is 4.10. The summed E-state index contributed by atoms with van der Waals surface area (Å²) >= 11 is 0. The minimum Gasteiger partial charge on any atom is -0.336 e. The Morgan fingerprint density at radius 2 is 1.60 bits per heavy atom. The van der Waals surface area contributed by atoms with Gasteiger partial charge in [0.1, 0.15) is 0 Å². The molecule has 2 aromatic rings. The van der Waals surface area contributed by atoms with Crippen molar-refractivity contribution in [2.24, 2.45) is 0 Å². The van der Waals surface area contributed by atoms with E-state index in [2.05, 4.69) is 31.2 Å². The quantitative estimate of drug-likeness (QED) is 0.699. The Balaban J connectivity index is 1.37. The molecular weight excluding hydrogens is 396 g/mol. The number of hydrogen-bond donors (Lipinski definition) is 0. The van der Waals surface area contributed by atoms with Gasteiger partial charge < -0.3 is 4.90 Å². The Morgan fingerprint density at radius 3 is 2.27 bits per heavy atom. The average Bonchev–Trinajstić information content (AvgIpc) is 3.45. The highest BCUT2D eigenvalue weighted by molar-refractivity contribution is 7.89. The summed E-state index contributed by atoms with van der Waals surface area (Å²) in [5.74, 6) is 0.173. The predicted molar refractivity (Wildman–Crippen MR) is 118 cm³/mol. The van der Waals surface area contributed by atoms with Crippen molar-refractivity contribution in [3.05, 3.63) is 65.2 Å². The monoisotopic (exact) mass is 426 g/mol. The van der Waals surface area contributed by atoms with Gasteiger partial charge >= 0.3 is 0 Å². The van der Waals surface area contributed by atoms with E-state index in [9.17, 15) is 13.2 Å². The maximum absolute atomic E-state index is 12.9. The van der Waals surface area contributed by atoms with Gasteiger partial charge in [0.05, 0.1) is 10.9 Å². The predicted octanol–water partition coefficient (Wildman–Crippen LogP) is 4.08. The first-order valence-corrected chi connectivity index (χ1v) is 12.3. The van der Waals surface area contributed by atoms with Gasteiger partial charge in [0.2, 0.25) is 15.9 Å². The van der Waals surface area contributed by atoms with Crippen LogP contribution >= 0.6 is 0 Å². The van der Waals surface area contributed by atoms with Crippen molar-refractivity contribution in [3.63, 3.8) is 0 Å². The van der Waals surface area contributed by atoms with Crippen LogP contribution in [0.25, 0.3) is 0 Å². The summed E-state index contributed by atoms with van der Waals surface area (Å²) in [4.78, 5) is 15.2. The Morgan fingerprint density at radius 1 is 0.933 bits per heavy atom. The number of sulfonamides is 1. The number of benzene rings is 2. The van der Waals surface area contributed by atoms with E-state index in [1.807, 2.05) is 17.0 Å². The van der Waals surface area contributed by atoms with Crippen LogP contribution in [-0.4, -0.2) is 43.2 Å². The van der Waals surface area contributed by atoms with Gasteiger partial charge in [-0.3, -0.25) is 4.79 Å². The highest BCUT2D eigenvalue weighted by atomic mass is 32.2. The standard InChI is InChI=1S/C24H30N2O3S/c1-19-6-11-21(12-7-19)23-5-4-18-26(23)24(27)15-10-20-8-13-22(14-9-20)30(28,29)25-16-2-3-17-25/h6-9,11-14,23H,2-5,10,15-18H2,1H3. The molecular formula is C24H30N2O3S. The van der Waals surface area contributed by atoms with E-state index in [1.54, 1.807) is 16.4 Å². The van der Waals surface area contributed by atoms with E-state index in [1.165, 1.54) is 11.1 Å². The lowest BCUT2D eigenvalue weighted by Crippen LogP contribution is -2.30. The van der Waals surface area contributed by atoms with Crippen LogP contribution in [0.5, 0.6) is 0 Å². The third-order valence-corrected chi connectivity index (χ3v) is 8.20. The van der Waals surface area contributed by atoms with Crippen LogP contribution in [0.4, 0.5) is 0 Å². The molecule has 1 amide bonds. The fourth-order valence-electron chi connectivity index (χ4n) is 4.50.